The summed E-state index contributed by atoms with van der Waals surface area (Å²) in [6.07, 6.45) is 0. The maximum atomic E-state index is 10.3. The number of nitrogens with zero attached hydrogens (tertiary/aromatic N) is 4. The molecule has 16 heteroatoms. The van der Waals surface area contributed by atoms with Gasteiger partial charge in [0.2, 0.25) is 0 Å². The molecule has 132 valence electrons. The van der Waals surface area contributed by atoms with Crippen LogP contribution in [0.25, 0.3) is 17.7 Å². The molecule has 0 heterocycles. The van der Waals surface area contributed by atoms with Crippen LogP contribution in [-0.4, -0.2) is 9.85 Å². The van der Waals surface area contributed by atoms with Crippen molar-refractivity contribution in [2.45, 2.75) is 0 Å². The van der Waals surface area contributed by atoms with Gasteiger partial charge in [-0.05, 0) is 0 Å². The SMILES string of the molecule is N[N-]c1cc([N+](=O)[O-])cc([N+](=O)[O-])c1.O=N[O-].[Cl][Pt][Cl].[NH2-].[NH2-]. The molecule has 0 aliphatic heterocycles. The molecule has 13 nitrogen and oxygen atoms in total. The summed E-state index contributed by atoms with van der Waals surface area (Å²) in [7, 11) is 9.75. The molecule has 0 aromatic heterocycles. The average molecular weight is 541 g/mol. The van der Waals surface area contributed by atoms with E-state index in [1.54, 1.807) is 0 Å². The van der Waals surface area contributed by atoms with E-state index in [0.29, 0.717) is 0 Å². The molecule has 0 radical (unpaired) electrons. The van der Waals surface area contributed by atoms with Crippen molar-refractivity contribution in [3.05, 3.63) is 66.3 Å². The molecule has 0 bridgehead atoms. The van der Waals surface area contributed by atoms with Gasteiger partial charge in [0.25, 0.3) is 11.4 Å². The van der Waals surface area contributed by atoms with Crippen molar-refractivity contribution < 1.29 is 26.3 Å². The minimum Gasteiger partial charge on any atom is -0.693 e. The van der Waals surface area contributed by atoms with Gasteiger partial charge < -0.3 is 33.7 Å². The van der Waals surface area contributed by atoms with E-state index in [1.165, 1.54) is 0 Å². The molecule has 1 aromatic carbocycles. The molecule has 0 unspecified atom stereocenters. The first-order valence-corrected chi connectivity index (χ1v) is 9.63. The standard InChI is InChI=1S/C6H5N4O4.2ClH.HNO2.2H2N.Pt/c7-8-4-1-5(9(11)12)3-6(2-4)10(13)14;;;2-1-3;;;/h1-3H,7H2;2*1H;(H,2,3);2*1H2;/q-1;;;;2*-1;+2/p-3. The predicted molar refractivity (Wildman–Crippen MR) is 78.4 cm³/mol. The first-order chi connectivity index (χ1) is 9.37. The van der Waals surface area contributed by atoms with Gasteiger partial charge in [-0.15, -0.1) is 11.0 Å². The maximum Gasteiger partial charge on any atom is -0.693 e. The van der Waals surface area contributed by atoms with Gasteiger partial charge in [0.05, 0.1) is 15.9 Å². The molecule has 1 rings (SSSR count). The van der Waals surface area contributed by atoms with Crippen molar-refractivity contribution in [3.63, 3.8) is 0 Å². The average Bonchev–Trinajstić information content (AvgIpc) is 2.39. The Balaban J connectivity index is -0.000000176. The van der Waals surface area contributed by atoms with Crippen molar-refractivity contribution in [2.24, 2.45) is 11.2 Å². The van der Waals surface area contributed by atoms with Crippen LogP contribution in [0.3, 0.4) is 0 Å². The van der Waals surface area contributed by atoms with Crippen LogP contribution in [0.2, 0.25) is 0 Å². The van der Waals surface area contributed by atoms with Crippen molar-refractivity contribution in [2.75, 3.05) is 0 Å². The van der Waals surface area contributed by atoms with Crippen LogP contribution >= 0.6 is 18.8 Å². The number of hydrogen-bond acceptors (Lipinski definition) is 8. The molecule has 1 aromatic rings. The molecule has 0 atom stereocenters. The van der Waals surface area contributed by atoms with Gasteiger partial charge >= 0.3 is 35.3 Å². The van der Waals surface area contributed by atoms with Crippen LogP contribution in [-0.2, 0) is 16.5 Å². The first-order valence-electron chi connectivity index (χ1n) is 4.00. The molecule has 0 saturated heterocycles. The fourth-order valence-electron chi connectivity index (χ4n) is 0.865. The number of nitrogens with two attached hydrogens (primary N) is 3. The Kier molecular flexibility index (Phi) is 22.6. The molecule has 6 N–H and O–H groups in total. The third-order valence-corrected chi connectivity index (χ3v) is 1.46. The summed E-state index contributed by atoms with van der Waals surface area (Å²) in [6, 6.07) is 2.94. The Morgan fingerprint density at radius 2 is 1.36 bits per heavy atom. The zero-order chi connectivity index (χ0) is 16.1. The molecule has 0 spiro atoms. The van der Waals surface area contributed by atoms with E-state index in [0.717, 1.165) is 23.5 Å². The van der Waals surface area contributed by atoms with Gasteiger partial charge in [-0.25, -0.2) is 0 Å². The quantitative estimate of drug-likeness (QED) is 0.249. The Morgan fingerprint density at radius 3 is 1.55 bits per heavy atom. The number of halogens is 2. The second kappa shape index (κ2) is 17.4. The smallest absolute Gasteiger partial charge is 0.693 e. The fourth-order valence-corrected chi connectivity index (χ4v) is 0.865. The molecule has 22 heavy (non-hydrogen) atoms. The molecule has 0 fully saturated rings. The summed E-state index contributed by atoms with van der Waals surface area (Å²) in [5.74, 6) is 4.87. The van der Waals surface area contributed by atoms with Gasteiger partial charge in [-0.2, -0.15) is 0 Å². The summed E-state index contributed by atoms with van der Waals surface area (Å²) in [4.78, 5) is 27.2. The maximum absolute atomic E-state index is 10.3. The number of non-ortho nitro benzene ring substituents is 2. The van der Waals surface area contributed by atoms with E-state index in [1.807, 2.05) is 0 Å². The van der Waals surface area contributed by atoms with Crippen molar-refractivity contribution >= 4 is 35.9 Å². The second-order valence-corrected chi connectivity index (χ2v) is 5.75. The Labute approximate surface area is 139 Å². The van der Waals surface area contributed by atoms with Gasteiger partial charge in [-0.3, -0.25) is 20.2 Å². The van der Waals surface area contributed by atoms with E-state index in [2.05, 4.69) is 5.43 Å². The van der Waals surface area contributed by atoms with Crippen molar-refractivity contribution in [1.82, 2.24) is 0 Å². The van der Waals surface area contributed by atoms with E-state index < -0.39 is 37.7 Å². The number of rotatable bonds is 3. The Hall–Kier alpha value is -1.63. The molecule has 0 aliphatic rings. The predicted octanol–water partition coefficient (Wildman–Crippen LogP) is 4.44. The number of benzene rings is 1. The van der Waals surface area contributed by atoms with Crippen molar-refractivity contribution in [1.29, 1.82) is 0 Å². The monoisotopic (exact) mass is 540 g/mol. The zero-order valence-corrected chi connectivity index (χ0v) is 14.1. The van der Waals surface area contributed by atoms with Crippen LogP contribution in [0.15, 0.2) is 23.5 Å². The Morgan fingerprint density at radius 1 is 1.09 bits per heavy atom. The van der Waals surface area contributed by atoms with Crippen LogP contribution in [0.1, 0.15) is 0 Å². The first kappa shape index (κ1) is 28.5. The van der Waals surface area contributed by atoms with E-state index in [-0.39, 0.29) is 18.0 Å². The van der Waals surface area contributed by atoms with Gasteiger partial charge in [0, 0.05) is 12.1 Å². The fraction of sp³-hybridized carbons (Fsp3) is 0. The molecule has 0 saturated carbocycles. The number of hydrogen-bond donors (Lipinski definition) is 1. The summed E-state index contributed by atoms with van der Waals surface area (Å²) in [5.41, 5.74) is 2.31. The summed E-state index contributed by atoms with van der Waals surface area (Å²) >= 11 is -0.472. The van der Waals surface area contributed by atoms with Gasteiger partial charge in [0.1, 0.15) is 0 Å². The Bertz CT molecular complexity index is 435. The van der Waals surface area contributed by atoms with Crippen LogP contribution in [0.4, 0.5) is 17.1 Å². The van der Waals surface area contributed by atoms with E-state index in [4.69, 9.17) is 34.8 Å². The van der Waals surface area contributed by atoms with Crippen LogP contribution in [0.5, 0.6) is 0 Å². The van der Waals surface area contributed by atoms with E-state index >= 15 is 0 Å². The van der Waals surface area contributed by atoms with Gasteiger partial charge in [0.15, 0.2) is 0 Å². The molecule has 0 amide bonds. The molecular formula is C6H9Cl2N7O6Pt-4. The largest absolute Gasteiger partial charge is 0.693 e. The third kappa shape index (κ3) is 13.4. The summed E-state index contributed by atoms with van der Waals surface area (Å²) in [5, 5.41) is 29.7. The minimum atomic E-state index is -0.748. The van der Waals surface area contributed by atoms with Crippen LogP contribution in [0, 0.1) is 30.3 Å². The second-order valence-electron chi connectivity index (χ2n) is 2.47. The summed E-state index contributed by atoms with van der Waals surface area (Å²) in [6.45, 7) is 0. The topological polar surface area (TPSA) is 246 Å². The number of nitro groups is 2. The number of nitro benzene ring substituents is 2. The molecular weight excluding hydrogens is 532 g/mol. The summed E-state index contributed by atoms with van der Waals surface area (Å²) < 4.78 is 0. The minimum absolute atomic E-state index is 0. The zero-order valence-electron chi connectivity index (χ0n) is 10.3. The third-order valence-electron chi connectivity index (χ3n) is 1.46. The van der Waals surface area contributed by atoms with Gasteiger partial charge in [-0.1, -0.05) is 0 Å². The van der Waals surface area contributed by atoms with Crippen molar-refractivity contribution in [3.8, 4) is 0 Å². The van der Waals surface area contributed by atoms with Crippen LogP contribution < -0.4 is 5.84 Å². The molecule has 0 aliphatic carbocycles. The van der Waals surface area contributed by atoms with E-state index in [9.17, 15) is 20.2 Å². The normalized spacial score (nSPS) is 7.59.